The molecular weight excluding hydrogens is 333 g/mol. The summed E-state index contributed by atoms with van der Waals surface area (Å²) in [6, 6.07) is 12.6. The molecule has 5 heteroatoms. The summed E-state index contributed by atoms with van der Waals surface area (Å²) in [6.07, 6.45) is 1.78. The Morgan fingerprint density at radius 2 is 1.88 bits per heavy atom. The molecule has 1 unspecified atom stereocenters. The first-order valence-electron chi connectivity index (χ1n) is 8.28. The monoisotopic (exact) mass is 355 g/mol. The van der Waals surface area contributed by atoms with Gasteiger partial charge in [0.15, 0.2) is 0 Å². The quantitative estimate of drug-likeness (QED) is 0.682. The molecular formula is C20H22FN3S. The minimum Gasteiger partial charge on any atom is -0.304 e. The second kappa shape index (κ2) is 7.42. The van der Waals surface area contributed by atoms with Gasteiger partial charge >= 0.3 is 0 Å². The number of hydrogen-bond donors (Lipinski definition) is 1. The van der Waals surface area contributed by atoms with Gasteiger partial charge in [0.2, 0.25) is 0 Å². The van der Waals surface area contributed by atoms with E-state index in [0.29, 0.717) is 6.54 Å². The van der Waals surface area contributed by atoms with Gasteiger partial charge in [0.05, 0.1) is 11.4 Å². The van der Waals surface area contributed by atoms with E-state index in [0.717, 1.165) is 22.0 Å². The van der Waals surface area contributed by atoms with Crippen molar-refractivity contribution in [2.45, 2.75) is 33.4 Å². The lowest BCUT2D eigenvalue weighted by Crippen LogP contribution is -2.32. The van der Waals surface area contributed by atoms with Crippen LogP contribution >= 0.6 is 11.3 Å². The molecule has 2 aromatic heterocycles. The zero-order valence-electron chi connectivity index (χ0n) is 14.7. The van der Waals surface area contributed by atoms with E-state index >= 15 is 0 Å². The highest BCUT2D eigenvalue weighted by atomic mass is 32.1. The van der Waals surface area contributed by atoms with Gasteiger partial charge in [0.25, 0.3) is 0 Å². The summed E-state index contributed by atoms with van der Waals surface area (Å²) in [4.78, 5) is 9.02. The van der Waals surface area contributed by atoms with Crippen LogP contribution < -0.4 is 5.32 Å². The van der Waals surface area contributed by atoms with E-state index in [9.17, 15) is 4.39 Å². The van der Waals surface area contributed by atoms with Crippen LogP contribution in [-0.2, 0) is 6.54 Å². The number of halogens is 1. The Morgan fingerprint density at radius 3 is 2.52 bits per heavy atom. The first-order chi connectivity index (χ1) is 11.9. The Kier molecular flexibility index (Phi) is 5.25. The van der Waals surface area contributed by atoms with Crippen LogP contribution in [-0.4, -0.2) is 9.97 Å². The Labute approximate surface area is 152 Å². The van der Waals surface area contributed by atoms with Crippen LogP contribution in [0, 0.1) is 11.2 Å². The number of nitrogens with zero attached hydrogens (tertiary/aromatic N) is 2. The van der Waals surface area contributed by atoms with Crippen molar-refractivity contribution in [1.82, 2.24) is 15.3 Å². The Balaban J connectivity index is 1.74. The fourth-order valence-electron chi connectivity index (χ4n) is 2.78. The first kappa shape index (κ1) is 17.7. The van der Waals surface area contributed by atoms with Crippen molar-refractivity contribution in [3.8, 4) is 10.7 Å². The number of hydrogen-bond acceptors (Lipinski definition) is 4. The second-order valence-corrected chi connectivity index (χ2v) is 7.95. The Bertz CT molecular complexity index is 807. The molecule has 3 aromatic rings. The van der Waals surface area contributed by atoms with E-state index in [-0.39, 0.29) is 17.3 Å². The largest absolute Gasteiger partial charge is 0.304 e. The predicted molar refractivity (Wildman–Crippen MR) is 101 cm³/mol. The molecule has 0 saturated carbocycles. The van der Waals surface area contributed by atoms with Gasteiger partial charge in [0, 0.05) is 24.2 Å². The van der Waals surface area contributed by atoms with Crippen LogP contribution in [0.2, 0.25) is 0 Å². The number of rotatable bonds is 5. The number of nitrogens with one attached hydrogen (secondary N) is 1. The zero-order valence-corrected chi connectivity index (χ0v) is 15.5. The van der Waals surface area contributed by atoms with Crippen molar-refractivity contribution in [2.75, 3.05) is 0 Å². The van der Waals surface area contributed by atoms with Gasteiger partial charge in [0.1, 0.15) is 10.8 Å². The standard InChI is InChI=1S/C20H22FN3S/c1-20(2,3)18(14-7-9-15(21)10-8-14)23-12-16-13-25-19(24-16)17-6-4-5-11-22-17/h4-11,13,18,23H,12H2,1-3H3. The van der Waals surface area contributed by atoms with Crippen molar-refractivity contribution >= 4 is 11.3 Å². The Morgan fingerprint density at radius 1 is 1.12 bits per heavy atom. The number of thiazole rings is 1. The fraction of sp³-hybridized carbons (Fsp3) is 0.300. The summed E-state index contributed by atoms with van der Waals surface area (Å²) >= 11 is 1.60. The summed E-state index contributed by atoms with van der Waals surface area (Å²) in [5.74, 6) is -0.212. The van der Waals surface area contributed by atoms with Gasteiger partial charge in [-0.25, -0.2) is 9.37 Å². The lowest BCUT2D eigenvalue weighted by Gasteiger charge is -2.32. The highest BCUT2D eigenvalue weighted by Crippen LogP contribution is 2.33. The highest BCUT2D eigenvalue weighted by molar-refractivity contribution is 7.13. The molecule has 0 aliphatic rings. The molecule has 1 aromatic carbocycles. The van der Waals surface area contributed by atoms with Gasteiger partial charge < -0.3 is 5.32 Å². The summed E-state index contributed by atoms with van der Waals surface area (Å²) in [6.45, 7) is 7.18. The van der Waals surface area contributed by atoms with E-state index < -0.39 is 0 Å². The van der Waals surface area contributed by atoms with Crippen molar-refractivity contribution < 1.29 is 4.39 Å². The molecule has 0 aliphatic heterocycles. The topological polar surface area (TPSA) is 37.8 Å². The number of pyridine rings is 1. The molecule has 0 radical (unpaired) electrons. The highest BCUT2D eigenvalue weighted by Gasteiger charge is 2.26. The minimum absolute atomic E-state index is 0.00231. The average molecular weight is 355 g/mol. The van der Waals surface area contributed by atoms with E-state index in [2.05, 4.69) is 41.4 Å². The van der Waals surface area contributed by atoms with Gasteiger partial charge in [-0.1, -0.05) is 39.0 Å². The minimum atomic E-state index is -0.212. The maximum absolute atomic E-state index is 13.2. The molecule has 2 heterocycles. The average Bonchev–Trinajstić information content (AvgIpc) is 3.05. The predicted octanol–water partition coefficient (Wildman–Crippen LogP) is 5.22. The third-order valence-electron chi connectivity index (χ3n) is 3.99. The molecule has 0 amide bonds. The van der Waals surface area contributed by atoms with Crippen LogP contribution in [0.1, 0.15) is 38.1 Å². The van der Waals surface area contributed by atoms with Gasteiger partial charge in [-0.15, -0.1) is 11.3 Å². The Hall–Kier alpha value is -2.11. The second-order valence-electron chi connectivity index (χ2n) is 7.09. The molecule has 0 spiro atoms. The summed E-state index contributed by atoms with van der Waals surface area (Å²) in [5.41, 5.74) is 2.96. The molecule has 1 N–H and O–H groups in total. The van der Waals surface area contributed by atoms with E-state index in [4.69, 9.17) is 0 Å². The first-order valence-corrected chi connectivity index (χ1v) is 9.16. The van der Waals surface area contributed by atoms with E-state index in [1.807, 2.05) is 30.3 Å². The van der Waals surface area contributed by atoms with Crippen LogP contribution in [0.4, 0.5) is 4.39 Å². The lowest BCUT2D eigenvalue weighted by molar-refractivity contribution is 0.270. The fourth-order valence-corrected chi connectivity index (χ4v) is 3.58. The van der Waals surface area contributed by atoms with Crippen molar-refractivity contribution in [3.05, 3.63) is 71.1 Å². The van der Waals surface area contributed by atoms with Gasteiger partial charge in [-0.3, -0.25) is 4.98 Å². The van der Waals surface area contributed by atoms with Crippen molar-refractivity contribution in [2.24, 2.45) is 5.41 Å². The van der Waals surface area contributed by atoms with E-state index in [1.54, 1.807) is 17.5 Å². The van der Waals surface area contributed by atoms with Gasteiger partial charge in [-0.05, 0) is 35.2 Å². The molecule has 0 bridgehead atoms. The van der Waals surface area contributed by atoms with E-state index in [1.165, 1.54) is 12.1 Å². The third-order valence-corrected chi connectivity index (χ3v) is 4.91. The van der Waals surface area contributed by atoms with Gasteiger partial charge in [-0.2, -0.15) is 0 Å². The number of aromatic nitrogens is 2. The van der Waals surface area contributed by atoms with Crippen LogP contribution in [0.25, 0.3) is 10.7 Å². The molecule has 0 saturated heterocycles. The molecule has 3 nitrogen and oxygen atoms in total. The maximum Gasteiger partial charge on any atom is 0.142 e. The van der Waals surface area contributed by atoms with Crippen molar-refractivity contribution in [3.63, 3.8) is 0 Å². The zero-order chi connectivity index (χ0) is 17.9. The molecule has 1 atom stereocenters. The molecule has 0 fully saturated rings. The third kappa shape index (κ3) is 4.50. The summed E-state index contributed by atoms with van der Waals surface area (Å²) in [7, 11) is 0. The van der Waals surface area contributed by atoms with Crippen LogP contribution in [0.3, 0.4) is 0 Å². The lowest BCUT2D eigenvalue weighted by atomic mass is 9.82. The van der Waals surface area contributed by atoms with Crippen molar-refractivity contribution in [1.29, 1.82) is 0 Å². The summed E-state index contributed by atoms with van der Waals surface area (Å²) < 4.78 is 13.2. The molecule has 130 valence electrons. The smallest absolute Gasteiger partial charge is 0.142 e. The van der Waals surface area contributed by atoms with Crippen LogP contribution in [0.15, 0.2) is 54.0 Å². The summed E-state index contributed by atoms with van der Waals surface area (Å²) in [5, 5.41) is 6.56. The number of benzene rings is 1. The normalized spacial score (nSPS) is 13.0. The molecule has 3 rings (SSSR count). The SMILES string of the molecule is CC(C)(C)C(NCc1csc(-c2ccccn2)n1)c1ccc(F)cc1. The molecule has 25 heavy (non-hydrogen) atoms. The molecule has 0 aliphatic carbocycles. The van der Waals surface area contributed by atoms with Crippen LogP contribution in [0.5, 0.6) is 0 Å². The maximum atomic E-state index is 13.2.